The summed E-state index contributed by atoms with van der Waals surface area (Å²) < 4.78 is 14.9. The number of hydrogen-bond donors (Lipinski definition) is 1. The van der Waals surface area contributed by atoms with Gasteiger partial charge < -0.3 is 9.88 Å². The standard InChI is InChI=1S/C23H24FN3O3/c1-3-4-12-26(18-10-7-8-16(2)13-18)21(28)19-14-25-23(30)27(22(19)29)15-17-9-5-6-11-20(17)24/h5-11,13-14H,3-4,12,15H2,1-2H3,(H,25,30). The van der Waals surface area contributed by atoms with E-state index in [2.05, 4.69) is 4.98 Å². The fourth-order valence-electron chi connectivity index (χ4n) is 3.21. The molecule has 0 atom stereocenters. The van der Waals surface area contributed by atoms with Crippen LogP contribution in [0.5, 0.6) is 0 Å². The normalized spacial score (nSPS) is 10.8. The number of H-pyrrole nitrogens is 1. The van der Waals surface area contributed by atoms with E-state index in [-0.39, 0.29) is 17.7 Å². The number of carbonyl (C=O) groups excluding carboxylic acids is 1. The van der Waals surface area contributed by atoms with Crippen molar-refractivity contribution in [3.05, 3.63) is 98.1 Å². The van der Waals surface area contributed by atoms with Crippen LogP contribution >= 0.6 is 0 Å². The molecule has 1 aromatic heterocycles. The van der Waals surface area contributed by atoms with Crippen LogP contribution in [0.1, 0.15) is 41.3 Å². The van der Waals surface area contributed by atoms with Crippen LogP contribution in [-0.4, -0.2) is 22.0 Å². The minimum absolute atomic E-state index is 0.163. The number of aromatic amines is 1. The summed E-state index contributed by atoms with van der Waals surface area (Å²) in [6, 6.07) is 13.4. The number of carbonyl (C=O) groups is 1. The zero-order valence-corrected chi connectivity index (χ0v) is 17.0. The fourth-order valence-corrected chi connectivity index (χ4v) is 3.21. The van der Waals surface area contributed by atoms with Crippen LogP contribution in [0, 0.1) is 12.7 Å². The van der Waals surface area contributed by atoms with Crippen molar-refractivity contribution in [1.82, 2.24) is 9.55 Å². The number of aryl methyl sites for hydroxylation is 1. The molecule has 1 heterocycles. The Bertz CT molecular complexity index is 1170. The second-order valence-electron chi connectivity index (χ2n) is 7.14. The second kappa shape index (κ2) is 9.35. The Morgan fingerprint density at radius 1 is 1.13 bits per heavy atom. The summed E-state index contributed by atoms with van der Waals surface area (Å²) in [6.45, 7) is 4.11. The summed E-state index contributed by atoms with van der Waals surface area (Å²) in [5.41, 5.74) is 0.247. The lowest BCUT2D eigenvalue weighted by molar-refractivity contribution is 0.0984. The SMILES string of the molecule is CCCCN(C(=O)c1c[nH]c(=O)n(Cc2ccccc2F)c1=O)c1cccc(C)c1. The summed E-state index contributed by atoms with van der Waals surface area (Å²) >= 11 is 0. The lowest BCUT2D eigenvalue weighted by atomic mass is 10.1. The van der Waals surface area contributed by atoms with Crippen molar-refractivity contribution in [2.24, 2.45) is 0 Å². The Balaban J connectivity index is 2.03. The van der Waals surface area contributed by atoms with Gasteiger partial charge in [-0.05, 0) is 37.1 Å². The third-order valence-corrected chi connectivity index (χ3v) is 4.87. The Morgan fingerprint density at radius 3 is 2.60 bits per heavy atom. The van der Waals surface area contributed by atoms with Gasteiger partial charge in [0.25, 0.3) is 11.5 Å². The molecule has 0 bridgehead atoms. The number of benzene rings is 2. The molecule has 6 nitrogen and oxygen atoms in total. The Kier molecular flexibility index (Phi) is 6.61. The molecule has 0 aliphatic rings. The van der Waals surface area contributed by atoms with E-state index in [0.29, 0.717) is 12.2 Å². The molecule has 0 radical (unpaired) electrons. The highest BCUT2D eigenvalue weighted by Crippen LogP contribution is 2.18. The van der Waals surface area contributed by atoms with Crippen LogP contribution in [0.2, 0.25) is 0 Å². The molecule has 3 aromatic rings. The first-order valence-corrected chi connectivity index (χ1v) is 9.86. The van der Waals surface area contributed by atoms with Crippen molar-refractivity contribution in [3.8, 4) is 0 Å². The van der Waals surface area contributed by atoms with Gasteiger partial charge in [0.15, 0.2) is 0 Å². The molecule has 7 heteroatoms. The Morgan fingerprint density at radius 2 is 1.90 bits per heavy atom. The molecule has 0 aliphatic heterocycles. The van der Waals surface area contributed by atoms with Crippen molar-refractivity contribution in [1.29, 1.82) is 0 Å². The minimum Gasteiger partial charge on any atom is -0.313 e. The highest BCUT2D eigenvalue weighted by molar-refractivity contribution is 6.05. The van der Waals surface area contributed by atoms with Gasteiger partial charge in [0.1, 0.15) is 11.4 Å². The van der Waals surface area contributed by atoms with Crippen molar-refractivity contribution >= 4 is 11.6 Å². The summed E-state index contributed by atoms with van der Waals surface area (Å²) in [5.74, 6) is -1.03. The maximum absolute atomic E-state index is 14.0. The second-order valence-corrected chi connectivity index (χ2v) is 7.14. The van der Waals surface area contributed by atoms with E-state index in [0.717, 1.165) is 29.2 Å². The summed E-state index contributed by atoms with van der Waals surface area (Å²) in [4.78, 5) is 42.5. The first kappa shape index (κ1) is 21.2. The van der Waals surface area contributed by atoms with E-state index in [9.17, 15) is 18.8 Å². The van der Waals surface area contributed by atoms with Gasteiger partial charge in [0, 0.05) is 24.0 Å². The third kappa shape index (κ3) is 4.56. The number of hydrogen-bond acceptors (Lipinski definition) is 3. The van der Waals surface area contributed by atoms with Crippen molar-refractivity contribution in [2.75, 3.05) is 11.4 Å². The van der Waals surface area contributed by atoms with Crippen LogP contribution in [0.15, 0.2) is 64.3 Å². The molecule has 30 heavy (non-hydrogen) atoms. The number of amides is 1. The molecule has 1 N–H and O–H groups in total. The molecular weight excluding hydrogens is 385 g/mol. The zero-order chi connectivity index (χ0) is 21.7. The number of anilines is 1. The number of halogens is 1. The summed E-state index contributed by atoms with van der Waals surface area (Å²) in [5, 5.41) is 0. The van der Waals surface area contributed by atoms with Gasteiger partial charge in [-0.25, -0.2) is 9.18 Å². The number of rotatable bonds is 7. The molecule has 0 aliphatic carbocycles. The Hall–Kier alpha value is -3.48. The largest absolute Gasteiger partial charge is 0.328 e. The number of nitrogens with zero attached hydrogens (tertiary/aromatic N) is 2. The maximum atomic E-state index is 14.0. The minimum atomic E-state index is -0.749. The highest BCUT2D eigenvalue weighted by Gasteiger charge is 2.22. The number of nitrogens with one attached hydrogen (secondary N) is 1. The van der Waals surface area contributed by atoms with Crippen LogP contribution in [0.4, 0.5) is 10.1 Å². The lowest BCUT2D eigenvalue weighted by Crippen LogP contribution is -2.42. The summed E-state index contributed by atoms with van der Waals surface area (Å²) in [6.07, 6.45) is 2.77. The van der Waals surface area contributed by atoms with E-state index in [1.165, 1.54) is 18.2 Å². The first-order chi connectivity index (χ1) is 14.4. The van der Waals surface area contributed by atoms with Gasteiger partial charge in [0.05, 0.1) is 6.54 Å². The molecule has 0 spiro atoms. The predicted molar refractivity (Wildman–Crippen MR) is 115 cm³/mol. The molecule has 3 rings (SSSR count). The van der Waals surface area contributed by atoms with Gasteiger partial charge in [0.2, 0.25) is 0 Å². The van der Waals surface area contributed by atoms with Gasteiger partial charge in [-0.3, -0.25) is 14.2 Å². The maximum Gasteiger partial charge on any atom is 0.328 e. The Labute approximate surface area is 173 Å². The molecule has 2 aromatic carbocycles. The summed E-state index contributed by atoms with van der Waals surface area (Å²) in [7, 11) is 0. The van der Waals surface area contributed by atoms with Crippen molar-refractivity contribution in [3.63, 3.8) is 0 Å². The van der Waals surface area contributed by atoms with Gasteiger partial charge in [-0.1, -0.05) is 43.7 Å². The molecule has 0 saturated heterocycles. The number of unbranched alkanes of at least 4 members (excludes halogenated alkanes) is 1. The smallest absolute Gasteiger partial charge is 0.313 e. The van der Waals surface area contributed by atoms with Gasteiger partial charge in [-0.2, -0.15) is 0 Å². The highest BCUT2D eigenvalue weighted by atomic mass is 19.1. The zero-order valence-electron chi connectivity index (χ0n) is 17.0. The van der Waals surface area contributed by atoms with Gasteiger partial charge in [-0.15, -0.1) is 0 Å². The topological polar surface area (TPSA) is 75.2 Å². The molecule has 1 amide bonds. The average Bonchev–Trinajstić information content (AvgIpc) is 2.72. The van der Waals surface area contributed by atoms with Crippen LogP contribution in [-0.2, 0) is 6.54 Å². The third-order valence-electron chi connectivity index (χ3n) is 4.87. The van der Waals surface area contributed by atoms with Crippen LogP contribution in [0.25, 0.3) is 0 Å². The monoisotopic (exact) mass is 409 g/mol. The van der Waals surface area contributed by atoms with Crippen molar-refractivity contribution < 1.29 is 9.18 Å². The van der Waals surface area contributed by atoms with E-state index < -0.39 is 23.0 Å². The van der Waals surface area contributed by atoms with Crippen LogP contribution < -0.4 is 16.1 Å². The van der Waals surface area contributed by atoms with Crippen LogP contribution in [0.3, 0.4) is 0 Å². The van der Waals surface area contributed by atoms with E-state index >= 15 is 0 Å². The number of aromatic nitrogens is 2. The van der Waals surface area contributed by atoms with Crippen molar-refractivity contribution in [2.45, 2.75) is 33.2 Å². The fraction of sp³-hybridized carbons (Fsp3) is 0.261. The average molecular weight is 409 g/mol. The van der Waals surface area contributed by atoms with E-state index in [1.807, 2.05) is 38.1 Å². The van der Waals surface area contributed by atoms with E-state index in [1.54, 1.807) is 11.0 Å². The lowest BCUT2D eigenvalue weighted by Gasteiger charge is -2.23. The van der Waals surface area contributed by atoms with Gasteiger partial charge >= 0.3 is 5.69 Å². The molecule has 0 saturated carbocycles. The molecule has 0 unspecified atom stereocenters. The van der Waals surface area contributed by atoms with E-state index in [4.69, 9.17) is 0 Å². The predicted octanol–water partition coefficient (Wildman–Crippen LogP) is 3.48. The molecule has 156 valence electrons. The quantitative estimate of drug-likeness (QED) is 0.649. The molecular formula is C23H24FN3O3. The first-order valence-electron chi connectivity index (χ1n) is 9.86. The molecule has 0 fully saturated rings.